The van der Waals surface area contributed by atoms with E-state index in [0.717, 1.165) is 16.5 Å². The van der Waals surface area contributed by atoms with Crippen LogP contribution in [0.4, 0.5) is 0 Å². The molecule has 1 amide bonds. The fourth-order valence-electron chi connectivity index (χ4n) is 2.86. The third-order valence-electron chi connectivity index (χ3n) is 4.08. The molecule has 0 spiro atoms. The van der Waals surface area contributed by atoms with Crippen molar-refractivity contribution in [2.45, 2.75) is 20.4 Å². The largest absolute Gasteiger partial charge is 0.350 e. The number of rotatable bonds is 4. The van der Waals surface area contributed by atoms with Gasteiger partial charge in [0.1, 0.15) is 0 Å². The lowest BCUT2D eigenvalue weighted by Gasteiger charge is -2.12. The number of hydrogen-bond donors (Lipinski definition) is 1. The summed E-state index contributed by atoms with van der Waals surface area (Å²) in [5.41, 5.74) is 3.26. The van der Waals surface area contributed by atoms with E-state index in [-0.39, 0.29) is 11.5 Å². The minimum absolute atomic E-state index is 0.0153. The lowest BCUT2D eigenvalue weighted by atomic mass is 10.1. The second-order valence-electron chi connectivity index (χ2n) is 5.97. The highest BCUT2D eigenvalue weighted by Crippen LogP contribution is 2.12. The minimum Gasteiger partial charge on any atom is -0.350 e. The van der Waals surface area contributed by atoms with Crippen LogP contribution in [0.1, 0.15) is 21.5 Å². The maximum atomic E-state index is 12.4. The molecular weight excluding hydrogens is 300 g/mol. The molecule has 2 aromatic carbocycles. The Morgan fingerprint density at radius 1 is 1.04 bits per heavy atom. The molecule has 122 valence electrons. The smallest absolute Gasteiger partial charge is 0.254 e. The highest BCUT2D eigenvalue weighted by molar-refractivity contribution is 5.94. The van der Waals surface area contributed by atoms with E-state index in [0.29, 0.717) is 24.2 Å². The second-order valence-corrected chi connectivity index (χ2v) is 5.97. The predicted molar refractivity (Wildman–Crippen MR) is 96.5 cm³/mol. The molecule has 0 bridgehead atoms. The molecule has 0 saturated carbocycles. The number of para-hydroxylation sites is 1. The molecule has 4 nitrogen and oxygen atoms in total. The number of hydrogen-bond acceptors (Lipinski definition) is 2. The van der Waals surface area contributed by atoms with Crippen LogP contribution in [0.3, 0.4) is 0 Å². The fraction of sp³-hybridized carbons (Fsp3) is 0.200. The van der Waals surface area contributed by atoms with E-state index in [2.05, 4.69) is 5.32 Å². The summed E-state index contributed by atoms with van der Waals surface area (Å²) in [5, 5.41) is 3.91. The molecule has 1 aromatic heterocycles. The van der Waals surface area contributed by atoms with E-state index in [1.807, 2.05) is 62.4 Å². The zero-order chi connectivity index (χ0) is 17.1. The van der Waals surface area contributed by atoms with Gasteiger partial charge in [-0.25, -0.2) is 0 Å². The number of amides is 1. The van der Waals surface area contributed by atoms with Gasteiger partial charge in [0, 0.05) is 24.2 Å². The zero-order valence-electron chi connectivity index (χ0n) is 13.9. The summed E-state index contributed by atoms with van der Waals surface area (Å²) in [4.78, 5) is 24.6. The second kappa shape index (κ2) is 6.71. The van der Waals surface area contributed by atoms with Gasteiger partial charge in [0.25, 0.3) is 11.5 Å². The predicted octanol–water partition coefficient (Wildman–Crippen LogP) is 3.05. The first-order valence-electron chi connectivity index (χ1n) is 8.00. The van der Waals surface area contributed by atoms with Crippen LogP contribution < -0.4 is 10.9 Å². The number of nitrogens with zero attached hydrogens (tertiary/aromatic N) is 1. The van der Waals surface area contributed by atoms with Crippen LogP contribution in [0.25, 0.3) is 10.9 Å². The first kappa shape index (κ1) is 16.0. The Kier molecular flexibility index (Phi) is 4.47. The fourth-order valence-corrected chi connectivity index (χ4v) is 2.86. The summed E-state index contributed by atoms with van der Waals surface area (Å²) in [6.07, 6.45) is 0. The van der Waals surface area contributed by atoms with Crippen molar-refractivity contribution in [1.29, 1.82) is 0 Å². The van der Waals surface area contributed by atoms with Crippen molar-refractivity contribution < 1.29 is 4.79 Å². The Bertz CT molecular complexity index is 957. The molecule has 0 fully saturated rings. The van der Waals surface area contributed by atoms with E-state index >= 15 is 0 Å². The summed E-state index contributed by atoms with van der Waals surface area (Å²) >= 11 is 0. The monoisotopic (exact) mass is 320 g/mol. The Balaban J connectivity index is 1.78. The molecule has 0 aliphatic rings. The number of nitrogens with one attached hydrogen (secondary N) is 1. The Labute approximate surface area is 140 Å². The molecule has 0 unspecified atom stereocenters. The number of aryl methyl sites for hydroxylation is 2. The van der Waals surface area contributed by atoms with Crippen LogP contribution in [0, 0.1) is 13.8 Å². The van der Waals surface area contributed by atoms with Gasteiger partial charge in [-0.2, -0.15) is 0 Å². The number of aromatic nitrogens is 1. The summed E-state index contributed by atoms with van der Waals surface area (Å²) in [7, 11) is 0. The molecule has 3 aromatic rings. The first-order valence-corrected chi connectivity index (χ1v) is 8.00. The minimum atomic E-state index is -0.122. The van der Waals surface area contributed by atoms with Crippen molar-refractivity contribution in [3.8, 4) is 0 Å². The topological polar surface area (TPSA) is 51.1 Å². The van der Waals surface area contributed by atoms with Gasteiger partial charge in [0.05, 0.1) is 5.52 Å². The summed E-state index contributed by atoms with van der Waals surface area (Å²) in [5.74, 6) is -0.122. The molecule has 0 atom stereocenters. The van der Waals surface area contributed by atoms with Crippen molar-refractivity contribution in [3.63, 3.8) is 0 Å². The lowest BCUT2D eigenvalue weighted by molar-refractivity contribution is 0.0952. The van der Waals surface area contributed by atoms with Gasteiger partial charge in [-0.15, -0.1) is 0 Å². The van der Waals surface area contributed by atoms with Crippen LogP contribution >= 0.6 is 0 Å². The van der Waals surface area contributed by atoms with Gasteiger partial charge in [0.15, 0.2) is 0 Å². The molecule has 0 aliphatic heterocycles. The molecule has 0 radical (unpaired) electrons. The van der Waals surface area contributed by atoms with E-state index < -0.39 is 0 Å². The molecule has 4 heteroatoms. The highest BCUT2D eigenvalue weighted by Gasteiger charge is 2.08. The van der Waals surface area contributed by atoms with E-state index in [1.165, 1.54) is 0 Å². The molecule has 0 aliphatic carbocycles. The first-order chi connectivity index (χ1) is 11.6. The molecule has 0 saturated heterocycles. The Morgan fingerprint density at radius 2 is 1.83 bits per heavy atom. The summed E-state index contributed by atoms with van der Waals surface area (Å²) in [6.45, 7) is 4.62. The van der Waals surface area contributed by atoms with Crippen LogP contribution in [-0.4, -0.2) is 17.0 Å². The summed E-state index contributed by atoms with van der Waals surface area (Å²) in [6, 6.07) is 17.1. The van der Waals surface area contributed by atoms with Crippen LogP contribution in [0.2, 0.25) is 0 Å². The van der Waals surface area contributed by atoms with Gasteiger partial charge in [-0.05, 0) is 43.5 Å². The number of carbonyl (C=O) groups excluding carboxylic acids is 1. The van der Waals surface area contributed by atoms with Gasteiger partial charge in [-0.1, -0.05) is 35.9 Å². The van der Waals surface area contributed by atoms with Crippen molar-refractivity contribution in [2.24, 2.45) is 0 Å². The average Bonchev–Trinajstić information content (AvgIpc) is 2.58. The standard InChI is InChI=1S/C20H20N2O2/c1-14-6-5-8-17(12-14)19(23)21-10-11-22-18-9-4-3-7-16(18)13-15(2)20(22)24/h3-9,12-13H,10-11H2,1-2H3,(H,21,23). The van der Waals surface area contributed by atoms with Gasteiger partial charge >= 0.3 is 0 Å². The molecule has 1 N–H and O–H groups in total. The highest BCUT2D eigenvalue weighted by atomic mass is 16.1. The molecular formula is C20H20N2O2. The zero-order valence-corrected chi connectivity index (χ0v) is 13.9. The number of benzene rings is 2. The van der Waals surface area contributed by atoms with Crippen LogP contribution in [-0.2, 0) is 6.54 Å². The lowest BCUT2D eigenvalue weighted by Crippen LogP contribution is -2.31. The van der Waals surface area contributed by atoms with Crippen molar-refractivity contribution in [2.75, 3.05) is 6.54 Å². The Morgan fingerprint density at radius 3 is 2.62 bits per heavy atom. The quantitative estimate of drug-likeness (QED) is 0.803. The third kappa shape index (κ3) is 3.23. The summed E-state index contributed by atoms with van der Waals surface area (Å²) < 4.78 is 1.72. The van der Waals surface area contributed by atoms with E-state index in [4.69, 9.17) is 0 Å². The Hall–Kier alpha value is -2.88. The maximum absolute atomic E-state index is 12.4. The average molecular weight is 320 g/mol. The van der Waals surface area contributed by atoms with Crippen molar-refractivity contribution in [3.05, 3.63) is 81.6 Å². The van der Waals surface area contributed by atoms with Crippen molar-refractivity contribution >= 4 is 16.8 Å². The molecule has 3 rings (SSSR count). The van der Waals surface area contributed by atoms with Gasteiger partial charge in [0.2, 0.25) is 0 Å². The van der Waals surface area contributed by atoms with E-state index in [1.54, 1.807) is 10.6 Å². The van der Waals surface area contributed by atoms with E-state index in [9.17, 15) is 9.59 Å². The maximum Gasteiger partial charge on any atom is 0.254 e. The third-order valence-corrected chi connectivity index (χ3v) is 4.08. The number of carbonyl (C=O) groups is 1. The van der Waals surface area contributed by atoms with Gasteiger partial charge < -0.3 is 9.88 Å². The molecule has 24 heavy (non-hydrogen) atoms. The number of pyridine rings is 1. The normalized spacial score (nSPS) is 10.8. The molecule has 1 heterocycles. The van der Waals surface area contributed by atoms with Crippen molar-refractivity contribution in [1.82, 2.24) is 9.88 Å². The van der Waals surface area contributed by atoms with Gasteiger partial charge in [-0.3, -0.25) is 9.59 Å². The van der Waals surface area contributed by atoms with Crippen LogP contribution in [0.5, 0.6) is 0 Å². The van der Waals surface area contributed by atoms with Crippen LogP contribution in [0.15, 0.2) is 59.4 Å². The SMILES string of the molecule is Cc1cccc(C(=O)NCCn2c(=O)c(C)cc3ccccc32)c1. The number of fused-ring (bicyclic) bond motifs is 1.